The van der Waals surface area contributed by atoms with Crippen molar-refractivity contribution in [3.8, 4) is 5.69 Å². The van der Waals surface area contributed by atoms with Crippen LogP contribution in [0.15, 0.2) is 64.1 Å². The molecule has 0 aliphatic rings. The lowest BCUT2D eigenvalue weighted by Crippen LogP contribution is -2.13. The van der Waals surface area contributed by atoms with Crippen molar-refractivity contribution in [1.29, 1.82) is 0 Å². The first-order valence-electron chi connectivity index (χ1n) is 5.89. The summed E-state index contributed by atoms with van der Waals surface area (Å²) in [5.74, 6) is -0.245. The van der Waals surface area contributed by atoms with Crippen molar-refractivity contribution in [3.63, 3.8) is 0 Å². The van der Waals surface area contributed by atoms with Crippen molar-refractivity contribution in [2.24, 2.45) is 0 Å². The van der Waals surface area contributed by atoms with Gasteiger partial charge in [-0.25, -0.2) is 4.68 Å². The highest BCUT2D eigenvalue weighted by atomic mass is 79.9. The number of furan rings is 1. The van der Waals surface area contributed by atoms with Gasteiger partial charge < -0.3 is 9.73 Å². The van der Waals surface area contributed by atoms with Crippen LogP contribution in [0.4, 0.5) is 5.69 Å². The van der Waals surface area contributed by atoms with E-state index in [9.17, 15) is 4.79 Å². The molecule has 0 bridgehead atoms. The number of rotatable bonds is 3. The molecule has 2 aromatic heterocycles. The second kappa shape index (κ2) is 5.34. The summed E-state index contributed by atoms with van der Waals surface area (Å²) in [6.45, 7) is 0. The van der Waals surface area contributed by atoms with E-state index in [0.717, 1.165) is 5.69 Å². The molecule has 0 fully saturated rings. The molecular weight excluding hydrogens is 322 g/mol. The van der Waals surface area contributed by atoms with Crippen LogP contribution in [0.2, 0.25) is 0 Å². The lowest BCUT2D eigenvalue weighted by Gasteiger charge is -2.10. The fourth-order valence-corrected chi connectivity index (χ4v) is 2.26. The summed E-state index contributed by atoms with van der Waals surface area (Å²) < 4.78 is 7.17. The number of amides is 1. The van der Waals surface area contributed by atoms with Crippen LogP contribution < -0.4 is 5.32 Å². The van der Waals surface area contributed by atoms with E-state index in [1.807, 2.05) is 36.5 Å². The van der Waals surface area contributed by atoms with Crippen molar-refractivity contribution in [2.45, 2.75) is 0 Å². The number of aromatic nitrogens is 2. The molecule has 0 atom stereocenters. The van der Waals surface area contributed by atoms with Gasteiger partial charge in [0.15, 0.2) is 4.67 Å². The minimum Gasteiger partial charge on any atom is -0.457 e. The number of hydrogen-bond acceptors (Lipinski definition) is 3. The second-order valence-corrected chi connectivity index (χ2v) is 4.75. The first kappa shape index (κ1) is 12.7. The van der Waals surface area contributed by atoms with Crippen LogP contribution in [0.25, 0.3) is 5.69 Å². The summed E-state index contributed by atoms with van der Waals surface area (Å²) in [4.78, 5) is 12.2. The Balaban J connectivity index is 1.92. The van der Waals surface area contributed by atoms with Crippen LogP contribution in [-0.2, 0) is 0 Å². The van der Waals surface area contributed by atoms with Crippen LogP contribution in [0.5, 0.6) is 0 Å². The number of anilines is 1. The summed E-state index contributed by atoms with van der Waals surface area (Å²) >= 11 is 3.19. The molecule has 100 valence electrons. The summed E-state index contributed by atoms with van der Waals surface area (Å²) in [6.07, 6.45) is 4.96. The molecule has 0 spiro atoms. The molecule has 0 aliphatic carbocycles. The molecule has 0 unspecified atom stereocenters. The van der Waals surface area contributed by atoms with E-state index in [0.29, 0.717) is 15.9 Å². The third-order valence-electron chi connectivity index (χ3n) is 2.77. The van der Waals surface area contributed by atoms with Crippen molar-refractivity contribution in [1.82, 2.24) is 9.78 Å². The summed E-state index contributed by atoms with van der Waals surface area (Å²) in [5.41, 5.74) is 1.92. The van der Waals surface area contributed by atoms with Crippen LogP contribution in [0.1, 0.15) is 10.4 Å². The SMILES string of the molecule is O=C(Nc1ccccc1-n1cccn1)c1ccoc1Br. The predicted molar refractivity (Wildman–Crippen MR) is 77.9 cm³/mol. The number of nitrogens with one attached hydrogen (secondary N) is 1. The molecule has 0 aliphatic heterocycles. The lowest BCUT2D eigenvalue weighted by atomic mass is 10.2. The van der Waals surface area contributed by atoms with E-state index < -0.39 is 0 Å². The van der Waals surface area contributed by atoms with Gasteiger partial charge in [0.1, 0.15) is 0 Å². The van der Waals surface area contributed by atoms with Crippen LogP contribution in [0.3, 0.4) is 0 Å². The molecular formula is C14H10BrN3O2. The Hall–Kier alpha value is -2.34. The standard InChI is InChI=1S/C14H10BrN3O2/c15-13-10(6-9-20-13)14(19)17-11-4-1-2-5-12(11)18-8-3-7-16-18/h1-9H,(H,17,19). The Bertz CT molecular complexity index is 734. The van der Waals surface area contributed by atoms with E-state index >= 15 is 0 Å². The van der Waals surface area contributed by atoms with Gasteiger partial charge in [-0.1, -0.05) is 12.1 Å². The zero-order valence-electron chi connectivity index (χ0n) is 10.3. The number of benzene rings is 1. The highest BCUT2D eigenvalue weighted by molar-refractivity contribution is 9.10. The van der Waals surface area contributed by atoms with Gasteiger partial charge in [0.25, 0.3) is 5.91 Å². The van der Waals surface area contributed by atoms with Gasteiger partial charge in [-0.05, 0) is 40.2 Å². The first-order chi connectivity index (χ1) is 9.75. The van der Waals surface area contributed by atoms with Gasteiger partial charge in [-0.2, -0.15) is 5.10 Å². The quantitative estimate of drug-likeness (QED) is 0.799. The maximum absolute atomic E-state index is 12.2. The number of carbonyl (C=O) groups excluding carboxylic acids is 1. The van der Waals surface area contributed by atoms with Gasteiger partial charge in [-0.15, -0.1) is 0 Å². The van der Waals surface area contributed by atoms with Gasteiger partial charge >= 0.3 is 0 Å². The topological polar surface area (TPSA) is 60.1 Å². The van der Waals surface area contributed by atoms with Gasteiger partial charge in [0.2, 0.25) is 0 Å². The largest absolute Gasteiger partial charge is 0.457 e. The Morgan fingerprint density at radius 1 is 1.25 bits per heavy atom. The molecule has 1 amide bonds. The Kier molecular flexibility index (Phi) is 3.39. The molecule has 6 heteroatoms. The minimum absolute atomic E-state index is 0.245. The highest BCUT2D eigenvalue weighted by Crippen LogP contribution is 2.22. The molecule has 1 N–H and O–H groups in total. The van der Waals surface area contributed by atoms with Crippen molar-refractivity contribution in [3.05, 3.63) is 65.3 Å². The lowest BCUT2D eigenvalue weighted by molar-refractivity contribution is 0.102. The monoisotopic (exact) mass is 331 g/mol. The number of halogens is 1. The second-order valence-electron chi connectivity index (χ2n) is 4.03. The number of para-hydroxylation sites is 2. The third-order valence-corrected chi connectivity index (χ3v) is 3.38. The summed E-state index contributed by atoms with van der Waals surface area (Å²) in [6, 6.07) is 10.9. The number of hydrogen-bond donors (Lipinski definition) is 1. The van der Waals surface area contributed by atoms with E-state index in [1.54, 1.807) is 16.9 Å². The fourth-order valence-electron chi connectivity index (χ4n) is 1.84. The number of carbonyl (C=O) groups is 1. The molecule has 20 heavy (non-hydrogen) atoms. The molecule has 0 radical (unpaired) electrons. The van der Waals surface area contributed by atoms with Crippen molar-refractivity contribution >= 4 is 27.5 Å². The summed E-state index contributed by atoms with van der Waals surface area (Å²) in [7, 11) is 0. The third kappa shape index (κ3) is 2.37. The Morgan fingerprint density at radius 3 is 2.80 bits per heavy atom. The van der Waals surface area contributed by atoms with Gasteiger partial charge in [0, 0.05) is 12.4 Å². The Labute approximate surface area is 123 Å². The van der Waals surface area contributed by atoms with Gasteiger partial charge in [0.05, 0.1) is 23.2 Å². The van der Waals surface area contributed by atoms with E-state index in [1.165, 1.54) is 6.26 Å². The van der Waals surface area contributed by atoms with Crippen LogP contribution in [-0.4, -0.2) is 15.7 Å². The number of nitrogens with zero attached hydrogens (tertiary/aromatic N) is 2. The van der Waals surface area contributed by atoms with E-state index in [2.05, 4.69) is 26.3 Å². The first-order valence-corrected chi connectivity index (χ1v) is 6.68. The van der Waals surface area contributed by atoms with Crippen LogP contribution >= 0.6 is 15.9 Å². The maximum Gasteiger partial charge on any atom is 0.260 e. The molecule has 1 aromatic carbocycles. The summed E-state index contributed by atoms with van der Waals surface area (Å²) in [5, 5.41) is 7.02. The molecule has 2 heterocycles. The van der Waals surface area contributed by atoms with E-state index in [4.69, 9.17) is 4.42 Å². The van der Waals surface area contributed by atoms with Crippen molar-refractivity contribution in [2.75, 3.05) is 5.32 Å². The smallest absolute Gasteiger partial charge is 0.260 e. The average Bonchev–Trinajstić information content (AvgIpc) is 3.10. The highest BCUT2D eigenvalue weighted by Gasteiger charge is 2.14. The average molecular weight is 332 g/mol. The van der Waals surface area contributed by atoms with Crippen molar-refractivity contribution < 1.29 is 9.21 Å². The fraction of sp³-hybridized carbons (Fsp3) is 0. The molecule has 3 rings (SSSR count). The molecule has 5 nitrogen and oxygen atoms in total. The Morgan fingerprint density at radius 2 is 2.10 bits per heavy atom. The predicted octanol–water partition coefficient (Wildman–Crippen LogP) is 3.48. The van der Waals surface area contributed by atoms with E-state index in [-0.39, 0.29) is 5.91 Å². The zero-order chi connectivity index (χ0) is 13.9. The molecule has 3 aromatic rings. The van der Waals surface area contributed by atoms with Crippen LogP contribution in [0, 0.1) is 0 Å². The maximum atomic E-state index is 12.2. The minimum atomic E-state index is -0.245. The molecule has 0 saturated heterocycles. The molecule has 0 saturated carbocycles. The van der Waals surface area contributed by atoms with Gasteiger partial charge in [-0.3, -0.25) is 4.79 Å². The normalized spacial score (nSPS) is 10.4. The zero-order valence-corrected chi connectivity index (χ0v) is 11.9.